The molecule has 0 saturated carbocycles. The minimum Gasteiger partial charge on any atom is -0.296 e. The SMILES string of the molecule is CC(C)n1c(=O)sc2cc(S(=O)(=O)Nc3ccc(S(=O)(=O)N4CCCCC4)cc3)ccc21. The molecule has 2 heterocycles. The lowest BCUT2D eigenvalue weighted by Crippen LogP contribution is -2.35. The third kappa shape index (κ3) is 4.34. The predicted molar refractivity (Wildman–Crippen MR) is 126 cm³/mol. The topological polar surface area (TPSA) is 106 Å². The zero-order valence-corrected chi connectivity index (χ0v) is 20.3. The first-order chi connectivity index (χ1) is 15.1. The van der Waals surface area contributed by atoms with Crippen molar-refractivity contribution in [1.82, 2.24) is 8.87 Å². The van der Waals surface area contributed by atoms with Crippen molar-refractivity contribution in [3.05, 3.63) is 52.1 Å². The van der Waals surface area contributed by atoms with E-state index < -0.39 is 20.0 Å². The van der Waals surface area contributed by atoms with Crippen LogP contribution in [0, 0.1) is 0 Å². The van der Waals surface area contributed by atoms with Gasteiger partial charge in [-0.2, -0.15) is 4.31 Å². The summed E-state index contributed by atoms with van der Waals surface area (Å²) >= 11 is 1.01. The van der Waals surface area contributed by atoms with Gasteiger partial charge in [0.05, 0.1) is 20.0 Å². The summed E-state index contributed by atoms with van der Waals surface area (Å²) < 4.78 is 57.5. The van der Waals surface area contributed by atoms with Gasteiger partial charge in [-0.25, -0.2) is 16.8 Å². The van der Waals surface area contributed by atoms with E-state index in [9.17, 15) is 21.6 Å². The number of piperidine rings is 1. The number of sulfonamides is 2. The largest absolute Gasteiger partial charge is 0.308 e. The van der Waals surface area contributed by atoms with Crippen molar-refractivity contribution in [3.8, 4) is 0 Å². The maximum absolute atomic E-state index is 12.9. The Morgan fingerprint density at radius 3 is 2.16 bits per heavy atom. The highest BCUT2D eigenvalue weighted by Gasteiger charge is 2.26. The van der Waals surface area contributed by atoms with Gasteiger partial charge in [0.15, 0.2) is 0 Å². The predicted octanol–water partition coefficient (Wildman–Crippen LogP) is 3.62. The molecule has 0 aliphatic carbocycles. The summed E-state index contributed by atoms with van der Waals surface area (Å²) in [6.45, 7) is 4.80. The van der Waals surface area contributed by atoms with Crippen molar-refractivity contribution in [2.24, 2.45) is 0 Å². The molecule has 0 spiro atoms. The summed E-state index contributed by atoms with van der Waals surface area (Å²) in [4.78, 5) is 12.3. The number of hydrogen-bond acceptors (Lipinski definition) is 6. The van der Waals surface area contributed by atoms with Crippen LogP contribution in [0.25, 0.3) is 10.2 Å². The Balaban J connectivity index is 1.58. The minimum absolute atomic E-state index is 0.0310. The molecule has 32 heavy (non-hydrogen) atoms. The molecule has 8 nitrogen and oxygen atoms in total. The smallest absolute Gasteiger partial charge is 0.296 e. The standard InChI is InChI=1S/C21H25N3O5S3/c1-15(2)24-19-11-10-18(14-20(19)30-21(24)25)31(26,27)22-16-6-8-17(9-7-16)32(28,29)23-12-4-3-5-13-23/h6-11,14-15,22H,3-5,12-13H2,1-2H3. The van der Waals surface area contributed by atoms with Gasteiger partial charge < -0.3 is 0 Å². The molecule has 1 N–H and O–H groups in total. The van der Waals surface area contributed by atoms with E-state index >= 15 is 0 Å². The number of rotatable bonds is 6. The van der Waals surface area contributed by atoms with E-state index in [2.05, 4.69) is 4.72 Å². The first-order valence-corrected chi connectivity index (χ1v) is 14.1. The average molecular weight is 496 g/mol. The number of thiazole rings is 1. The van der Waals surface area contributed by atoms with Gasteiger partial charge in [-0.15, -0.1) is 0 Å². The zero-order chi connectivity index (χ0) is 23.1. The number of benzene rings is 2. The van der Waals surface area contributed by atoms with Gasteiger partial charge in [0, 0.05) is 24.8 Å². The molecule has 1 aliphatic heterocycles. The zero-order valence-electron chi connectivity index (χ0n) is 17.8. The molecule has 172 valence electrons. The van der Waals surface area contributed by atoms with Gasteiger partial charge >= 0.3 is 4.87 Å². The summed E-state index contributed by atoms with van der Waals surface area (Å²) in [6.07, 6.45) is 2.71. The van der Waals surface area contributed by atoms with Gasteiger partial charge in [-0.1, -0.05) is 17.8 Å². The van der Waals surface area contributed by atoms with Crippen molar-refractivity contribution in [1.29, 1.82) is 0 Å². The van der Waals surface area contributed by atoms with Crippen molar-refractivity contribution in [2.45, 2.75) is 48.9 Å². The van der Waals surface area contributed by atoms with Crippen LogP contribution in [0.1, 0.15) is 39.2 Å². The molecule has 0 atom stereocenters. The number of nitrogens with one attached hydrogen (secondary N) is 1. The Bertz CT molecular complexity index is 1400. The summed E-state index contributed by atoms with van der Waals surface area (Å²) in [7, 11) is -7.49. The molecule has 0 bridgehead atoms. The highest BCUT2D eigenvalue weighted by Crippen LogP contribution is 2.26. The van der Waals surface area contributed by atoms with Crippen LogP contribution >= 0.6 is 11.3 Å². The molecular weight excluding hydrogens is 470 g/mol. The van der Waals surface area contributed by atoms with Crippen LogP contribution in [0.4, 0.5) is 5.69 Å². The average Bonchev–Trinajstić information content (AvgIpc) is 3.09. The summed E-state index contributed by atoms with van der Waals surface area (Å²) in [5.41, 5.74) is 0.955. The van der Waals surface area contributed by atoms with Crippen LogP contribution in [-0.2, 0) is 20.0 Å². The monoisotopic (exact) mass is 495 g/mol. The Labute approximate surface area is 191 Å². The second-order valence-corrected chi connectivity index (χ2v) is 12.7. The van der Waals surface area contributed by atoms with Crippen LogP contribution in [0.15, 0.2) is 57.1 Å². The molecular formula is C21H25N3O5S3. The second-order valence-electron chi connectivity index (χ2n) is 8.06. The van der Waals surface area contributed by atoms with E-state index in [0.29, 0.717) is 23.3 Å². The maximum atomic E-state index is 12.9. The fourth-order valence-corrected chi connectivity index (χ4v) is 7.56. The molecule has 1 aliphatic rings. The van der Waals surface area contributed by atoms with Crippen molar-refractivity contribution < 1.29 is 16.8 Å². The number of aromatic nitrogens is 1. The number of anilines is 1. The fraction of sp³-hybridized carbons (Fsp3) is 0.381. The molecule has 1 aromatic heterocycles. The van der Waals surface area contributed by atoms with Crippen LogP contribution in [0.2, 0.25) is 0 Å². The molecule has 0 amide bonds. The Morgan fingerprint density at radius 1 is 0.906 bits per heavy atom. The van der Waals surface area contributed by atoms with Gasteiger partial charge in [0.1, 0.15) is 0 Å². The molecule has 11 heteroatoms. The van der Waals surface area contributed by atoms with Crippen LogP contribution in [-0.4, -0.2) is 38.8 Å². The van der Waals surface area contributed by atoms with E-state index in [1.807, 2.05) is 13.8 Å². The van der Waals surface area contributed by atoms with E-state index in [1.165, 1.54) is 40.7 Å². The first-order valence-electron chi connectivity index (χ1n) is 10.4. The summed E-state index contributed by atoms with van der Waals surface area (Å²) in [5, 5.41) is 0. The first kappa shape index (κ1) is 23.0. The van der Waals surface area contributed by atoms with E-state index in [0.717, 1.165) is 30.6 Å². The Hall–Kier alpha value is -2.21. The van der Waals surface area contributed by atoms with Crippen LogP contribution in [0.5, 0.6) is 0 Å². The van der Waals surface area contributed by atoms with E-state index in [-0.39, 0.29) is 26.4 Å². The molecule has 0 radical (unpaired) electrons. The van der Waals surface area contributed by atoms with Crippen molar-refractivity contribution in [2.75, 3.05) is 17.8 Å². The lowest BCUT2D eigenvalue weighted by molar-refractivity contribution is 0.346. The van der Waals surface area contributed by atoms with Crippen LogP contribution < -0.4 is 9.60 Å². The third-order valence-electron chi connectivity index (χ3n) is 5.47. The molecule has 2 aromatic carbocycles. The second kappa shape index (κ2) is 8.62. The normalized spacial score (nSPS) is 16.0. The minimum atomic E-state index is -3.91. The summed E-state index contributed by atoms with van der Waals surface area (Å²) in [5.74, 6) is 0. The van der Waals surface area contributed by atoms with E-state index in [4.69, 9.17) is 0 Å². The quantitative estimate of drug-likeness (QED) is 0.562. The maximum Gasteiger partial charge on any atom is 0.308 e. The van der Waals surface area contributed by atoms with Gasteiger partial charge in [0.25, 0.3) is 10.0 Å². The Kier molecular flexibility index (Phi) is 6.19. The van der Waals surface area contributed by atoms with Crippen molar-refractivity contribution >= 4 is 47.3 Å². The van der Waals surface area contributed by atoms with Gasteiger partial charge in [-0.3, -0.25) is 14.1 Å². The lowest BCUT2D eigenvalue weighted by Gasteiger charge is -2.25. The molecule has 4 rings (SSSR count). The number of nitrogens with zero attached hydrogens (tertiary/aromatic N) is 2. The van der Waals surface area contributed by atoms with Gasteiger partial charge in [0.2, 0.25) is 10.0 Å². The van der Waals surface area contributed by atoms with E-state index in [1.54, 1.807) is 10.6 Å². The highest BCUT2D eigenvalue weighted by molar-refractivity contribution is 7.92. The van der Waals surface area contributed by atoms with Crippen LogP contribution in [0.3, 0.4) is 0 Å². The molecule has 1 saturated heterocycles. The van der Waals surface area contributed by atoms with Gasteiger partial charge in [-0.05, 0) is 69.2 Å². The Morgan fingerprint density at radius 2 is 1.53 bits per heavy atom. The van der Waals surface area contributed by atoms with Crippen molar-refractivity contribution in [3.63, 3.8) is 0 Å². The molecule has 0 unspecified atom stereocenters. The lowest BCUT2D eigenvalue weighted by atomic mass is 10.2. The summed E-state index contributed by atoms with van der Waals surface area (Å²) in [6, 6.07) is 10.3. The highest BCUT2D eigenvalue weighted by atomic mass is 32.2. The number of fused-ring (bicyclic) bond motifs is 1. The molecule has 3 aromatic rings. The fourth-order valence-electron chi connectivity index (χ4n) is 3.84. The third-order valence-corrected chi connectivity index (χ3v) is 9.68. The molecule has 1 fully saturated rings. The number of hydrogen-bond donors (Lipinski definition) is 1.